The van der Waals surface area contributed by atoms with E-state index in [9.17, 15) is 9.59 Å². The fourth-order valence-electron chi connectivity index (χ4n) is 2.33. The van der Waals surface area contributed by atoms with Crippen LogP contribution < -0.4 is 5.32 Å². The average Bonchev–Trinajstić information content (AvgIpc) is 2.55. The summed E-state index contributed by atoms with van der Waals surface area (Å²) >= 11 is 0. The molecule has 0 heterocycles. The Balaban J connectivity index is 2.10. The van der Waals surface area contributed by atoms with Gasteiger partial charge >= 0.3 is 5.97 Å². The van der Waals surface area contributed by atoms with Gasteiger partial charge in [-0.05, 0) is 30.2 Å². The number of ether oxygens (including phenoxy) is 1. The Morgan fingerprint density at radius 3 is 2.39 bits per heavy atom. The molecule has 0 aromatic heterocycles. The number of nitrogens with one attached hydrogen (secondary N) is 1. The Kier molecular flexibility index (Phi) is 5.16. The second-order valence-corrected chi connectivity index (χ2v) is 6.07. The summed E-state index contributed by atoms with van der Waals surface area (Å²) in [5, 5.41) is 2.88. The lowest BCUT2D eigenvalue weighted by Gasteiger charge is -2.24. The second kappa shape index (κ2) is 7.09. The third kappa shape index (κ3) is 4.42. The first-order chi connectivity index (χ1) is 10.9. The molecule has 1 N–H and O–H groups in total. The number of hydrogen-bond acceptors (Lipinski definition) is 3. The maximum Gasteiger partial charge on any atom is 0.337 e. The van der Waals surface area contributed by atoms with E-state index in [0.29, 0.717) is 17.7 Å². The first kappa shape index (κ1) is 16.7. The van der Waals surface area contributed by atoms with E-state index < -0.39 is 11.4 Å². The van der Waals surface area contributed by atoms with Crippen molar-refractivity contribution >= 4 is 17.6 Å². The molecule has 2 rings (SSSR count). The minimum Gasteiger partial charge on any atom is -0.465 e. The molecule has 0 aliphatic heterocycles. The van der Waals surface area contributed by atoms with Crippen LogP contribution in [0.1, 0.15) is 29.8 Å². The summed E-state index contributed by atoms with van der Waals surface area (Å²) in [5.41, 5.74) is 1.53. The molecule has 120 valence electrons. The number of amides is 1. The molecule has 2 aromatic carbocycles. The van der Waals surface area contributed by atoms with Crippen LogP contribution in [0.3, 0.4) is 0 Å². The summed E-state index contributed by atoms with van der Waals surface area (Å²) in [6.07, 6.45) is 0.635. The Labute approximate surface area is 136 Å². The Bertz CT molecular complexity index is 693. The lowest BCUT2D eigenvalue weighted by Crippen LogP contribution is -2.32. The van der Waals surface area contributed by atoms with Gasteiger partial charge in [0.1, 0.15) is 0 Å². The number of carbonyl (C=O) groups excluding carboxylic acids is 2. The van der Waals surface area contributed by atoms with Crippen LogP contribution in [0.25, 0.3) is 0 Å². The lowest BCUT2D eigenvalue weighted by atomic mass is 9.84. The molecule has 0 fully saturated rings. The summed E-state index contributed by atoms with van der Waals surface area (Å²) in [6.45, 7) is 3.80. The molecule has 0 atom stereocenters. The smallest absolute Gasteiger partial charge is 0.337 e. The van der Waals surface area contributed by atoms with Gasteiger partial charge in [-0.1, -0.05) is 50.2 Å². The van der Waals surface area contributed by atoms with Crippen molar-refractivity contribution in [2.45, 2.75) is 20.3 Å². The van der Waals surface area contributed by atoms with Crippen molar-refractivity contribution in [1.82, 2.24) is 0 Å². The predicted molar refractivity (Wildman–Crippen MR) is 90.3 cm³/mol. The van der Waals surface area contributed by atoms with Crippen molar-refractivity contribution in [3.63, 3.8) is 0 Å². The summed E-state index contributed by atoms with van der Waals surface area (Å²) in [4.78, 5) is 24.1. The SMILES string of the molecule is COC(=O)c1cccc(NC(=O)C(C)(C)Cc2ccccc2)c1. The number of anilines is 1. The zero-order chi connectivity index (χ0) is 16.9. The highest BCUT2D eigenvalue weighted by atomic mass is 16.5. The van der Waals surface area contributed by atoms with Crippen molar-refractivity contribution in [2.75, 3.05) is 12.4 Å². The minimum absolute atomic E-state index is 0.0941. The number of carbonyl (C=O) groups is 2. The maximum absolute atomic E-state index is 12.6. The third-order valence-electron chi connectivity index (χ3n) is 3.65. The van der Waals surface area contributed by atoms with Crippen LogP contribution in [0.5, 0.6) is 0 Å². The monoisotopic (exact) mass is 311 g/mol. The summed E-state index contributed by atoms with van der Waals surface area (Å²) in [5.74, 6) is -0.520. The zero-order valence-electron chi connectivity index (χ0n) is 13.6. The number of methoxy groups -OCH3 is 1. The molecular formula is C19H21NO3. The van der Waals surface area contributed by atoms with Crippen LogP contribution in [0.4, 0.5) is 5.69 Å². The van der Waals surface area contributed by atoms with Gasteiger partial charge in [0.2, 0.25) is 5.91 Å². The molecule has 1 amide bonds. The van der Waals surface area contributed by atoms with Gasteiger partial charge in [-0.15, -0.1) is 0 Å². The molecule has 0 radical (unpaired) electrons. The van der Waals surface area contributed by atoms with E-state index in [0.717, 1.165) is 5.56 Å². The van der Waals surface area contributed by atoms with E-state index in [2.05, 4.69) is 5.32 Å². The number of hydrogen-bond donors (Lipinski definition) is 1. The van der Waals surface area contributed by atoms with Gasteiger partial charge < -0.3 is 10.1 Å². The molecule has 2 aromatic rings. The van der Waals surface area contributed by atoms with Gasteiger partial charge in [0.15, 0.2) is 0 Å². The van der Waals surface area contributed by atoms with Crippen molar-refractivity contribution in [3.8, 4) is 0 Å². The molecular weight excluding hydrogens is 290 g/mol. The predicted octanol–water partition coefficient (Wildman–Crippen LogP) is 3.68. The van der Waals surface area contributed by atoms with Gasteiger partial charge in [-0.2, -0.15) is 0 Å². The largest absolute Gasteiger partial charge is 0.465 e. The van der Waals surface area contributed by atoms with Crippen LogP contribution in [0.2, 0.25) is 0 Å². The molecule has 4 heteroatoms. The normalized spacial score (nSPS) is 10.9. The number of benzene rings is 2. The topological polar surface area (TPSA) is 55.4 Å². The van der Waals surface area contributed by atoms with E-state index in [4.69, 9.17) is 4.74 Å². The van der Waals surface area contributed by atoms with Crippen molar-refractivity contribution in [2.24, 2.45) is 5.41 Å². The highest BCUT2D eigenvalue weighted by molar-refractivity contribution is 5.97. The van der Waals surface area contributed by atoms with Gasteiger partial charge in [-0.3, -0.25) is 4.79 Å². The van der Waals surface area contributed by atoms with E-state index in [1.807, 2.05) is 44.2 Å². The minimum atomic E-state index is -0.567. The van der Waals surface area contributed by atoms with Crippen LogP contribution >= 0.6 is 0 Å². The molecule has 4 nitrogen and oxygen atoms in total. The molecule has 0 saturated heterocycles. The van der Waals surface area contributed by atoms with E-state index in [1.165, 1.54) is 7.11 Å². The summed E-state index contributed by atoms with van der Waals surface area (Å²) in [7, 11) is 1.33. The molecule has 0 spiro atoms. The third-order valence-corrected chi connectivity index (χ3v) is 3.65. The Morgan fingerprint density at radius 1 is 1.04 bits per heavy atom. The molecule has 23 heavy (non-hydrogen) atoms. The van der Waals surface area contributed by atoms with Crippen molar-refractivity contribution in [3.05, 3.63) is 65.7 Å². The lowest BCUT2D eigenvalue weighted by molar-refractivity contribution is -0.123. The molecule has 0 aliphatic rings. The van der Waals surface area contributed by atoms with Gasteiger partial charge in [0.25, 0.3) is 0 Å². The molecule has 0 bridgehead atoms. The molecule has 0 saturated carbocycles. The average molecular weight is 311 g/mol. The van der Waals surface area contributed by atoms with Crippen LogP contribution in [0, 0.1) is 5.41 Å². The van der Waals surface area contributed by atoms with Gasteiger partial charge in [0.05, 0.1) is 12.7 Å². The summed E-state index contributed by atoms with van der Waals surface area (Å²) in [6, 6.07) is 16.6. The second-order valence-electron chi connectivity index (χ2n) is 6.07. The van der Waals surface area contributed by atoms with Crippen molar-refractivity contribution < 1.29 is 14.3 Å². The first-order valence-corrected chi connectivity index (χ1v) is 7.46. The Hall–Kier alpha value is -2.62. The maximum atomic E-state index is 12.6. The quantitative estimate of drug-likeness (QED) is 0.857. The Morgan fingerprint density at radius 2 is 1.74 bits per heavy atom. The fraction of sp³-hybridized carbons (Fsp3) is 0.263. The summed E-state index contributed by atoms with van der Waals surface area (Å²) < 4.78 is 4.69. The highest BCUT2D eigenvalue weighted by Crippen LogP contribution is 2.24. The number of rotatable bonds is 5. The first-order valence-electron chi connectivity index (χ1n) is 7.46. The van der Waals surface area contributed by atoms with E-state index in [-0.39, 0.29) is 5.91 Å². The van der Waals surface area contributed by atoms with Gasteiger partial charge in [-0.25, -0.2) is 4.79 Å². The van der Waals surface area contributed by atoms with Gasteiger partial charge in [0, 0.05) is 11.1 Å². The van der Waals surface area contributed by atoms with Crippen LogP contribution in [0.15, 0.2) is 54.6 Å². The van der Waals surface area contributed by atoms with E-state index in [1.54, 1.807) is 24.3 Å². The zero-order valence-corrected chi connectivity index (χ0v) is 13.6. The van der Waals surface area contributed by atoms with Crippen LogP contribution in [-0.4, -0.2) is 19.0 Å². The number of esters is 1. The fourth-order valence-corrected chi connectivity index (χ4v) is 2.33. The molecule has 0 aliphatic carbocycles. The van der Waals surface area contributed by atoms with E-state index >= 15 is 0 Å². The van der Waals surface area contributed by atoms with Crippen molar-refractivity contribution in [1.29, 1.82) is 0 Å². The highest BCUT2D eigenvalue weighted by Gasteiger charge is 2.28. The standard InChI is InChI=1S/C19H21NO3/c1-19(2,13-14-8-5-4-6-9-14)18(22)20-16-11-7-10-15(12-16)17(21)23-3/h4-12H,13H2,1-3H3,(H,20,22). The molecule has 0 unspecified atom stereocenters. The van der Waals surface area contributed by atoms with Crippen LogP contribution in [-0.2, 0) is 16.0 Å².